The number of thiophene rings is 1. The fourth-order valence-electron chi connectivity index (χ4n) is 2.80. The predicted molar refractivity (Wildman–Crippen MR) is 78.3 cm³/mol. The third-order valence-electron chi connectivity index (χ3n) is 3.95. The lowest BCUT2D eigenvalue weighted by Crippen LogP contribution is -2.39. The van der Waals surface area contributed by atoms with Crippen LogP contribution in [0.25, 0.3) is 0 Å². The van der Waals surface area contributed by atoms with E-state index in [-0.39, 0.29) is 11.4 Å². The molecule has 2 saturated heterocycles. The van der Waals surface area contributed by atoms with Crippen molar-refractivity contribution in [3.8, 4) is 0 Å². The minimum Gasteiger partial charge on any atom is -0.381 e. The average molecular weight is 345 g/mol. The minimum atomic E-state index is 0.0493. The molecule has 1 atom stereocenters. The van der Waals surface area contributed by atoms with Crippen LogP contribution in [0, 0.1) is 5.41 Å². The van der Waals surface area contributed by atoms with E-state index in [2.05, 4.69) is 21.2 Å². The maximum atomic E-state index is 12.1. The molecular formula is C13H17BrN2O2S. The lowest BCUT2D eigenvalue weighted by molar-refractivity contribution is 0.152. The zero-order valence-electron chi connectivity index (χ0n) is 10.7. The van der Waals surface area contributed by atoms with Gasteiger partial charge in [0, 0.05) is 30.0 Å². The van der Waals surface area contributed by atoms with Gasteiger partial charge in [-0.3, -0.25) is 0 Å². The van der Waals surface area contributed by atoms with Crippen molar-refractivity contribution in [3.05, 3.63) is 20.8 Å². The Labute approximate surface area is 125 Å². The molecule has 0 radical (unpaired) electrons. The molecule has 0 bridgehead atoms. The molecule has 2 aliphatic heterocycles. The summed E-state index contributed by atoms with van der Waals surface area (Å²) in [6.07, 6.45) is 2.17. The molecule has 2 fully saturated rings. The largest absolute Gasteiger partial charge is 0.381 e. The summed E-state index contributed by atoms with van der Waals surface area (Å²) < 4.78 is 6.58. The summed E-state index contributed by atoms with van der Waals surface area (Å²) in [5, 5.41) is 3.00. The number of urea groups is 1. The molecule has 19 heavy (non-hydrogen) atoms. The van der Waals surface area contributed by atoms with Crippen molar-refractivity contribution in [2.45, 2.75) is 19.4 Å². The van der Waals surface area contributed by atoms with Crippen molar-refractivity contribution in [1.29, 1.82) is 0 Å². The quantitative estimate of drug-likeness (QED) is 0.896. The summed E-state index contributed by atoms with van der Waals surface area (Å²) in [5.74, 6) is 0. The SMILES string of the molecule is O=C(NCc1ccc(Br)s1)N1CC[C@@]2(CCOC2)C1. The van der Waals surface area contributed by atoms with Crippen molar-refractivity contribution >= 4 is 33.3 Å². The Balaban J connectivity index is 1.51. The van der Waals surface area contributed by atoms with Crippen LogP contribution >= 0.6 is 27.3 Å². The molecule has 2 amide bonds. The Morgan fingerprint density at radius 3 is 3.11 bits per heavy atom. The highest BCUT2D eigenvalue weighted by Crippen LogP contribution is 2.38. The highest BCUT2D eigenvalue weighted by molar-refractivity contribution is 9.11. The molecule has 0 aliphatic carbocycles. The Morgan fingerprint density at radius 1 is 1.53 bits per heavy atom. The van der Waals surface area contributed by atoms with Gasteiger partial charge in [0.05, 0.1) is 16.9 Å². The standard InChI is InChI=1S/C13H17BrN2O2S/c14-11-2-1-10(19-11)7-15-12(17)16-5-3-13(8-16)4-6-18-9-13/h1-2H,3-9H2,(H,15,17)/t13-/m1/s1. The van der Waals surface area contributed by atoms with Crippen molar-refractivity contribution in [1.82, 2.24) is 10.2 Å². The van der Waals surface area contributed by atoms with E-state index in [0.717, 1.165) is 42.9 Å². The fourth-order valence-corrected chi connectivity index (χ4v) is 4.22. The van der Waals surface area contributed by atoms with Gasteiger partial charge in [-0.1, -0.05) is 0 Å². The Bertz CT molecular complexity index is 471. The van der Waals surface area contributed by atoms with Gasteiger partial charge in [-0.05, 0) is 40.9 Å². The highest BCUT2D eigenvalue weighted by Gasteiger charge is 2.42. The number of carbonyl (C=O) groups excluding carboxylic acids is 1. The van der Waals surface area contributed by atoms with Gasteiger partial charge in [0.2, 0.25) is 0 Å². The molecule has 0 aromatic carbocycles. The number of nitrogens with zero attached hydrogens (tertiary/aromatic N) is 1. The molecule has 104 valence electrons. The van der Waals surface area contributed by atoms with Crippen LogP contribution in [0.1, 0.15) is 17.7 Å². The highest BCUT2D eigenvalue weighted by atomic mass is 79.9. The number of hydrogen-bond acceptors (Lipinski definition) is 3. The van der Waals surface area contributed by atoms with E-state index in [1.807, 2.05) is 17.0 Å². The molecule has 2 aliphatic rings. The third-order valence-corrected chi connectivity index (χ3v) is 5.58. The summed E-state index contributed by atoms with van der Waals surface area (Å²) in [5.41, 5.74) is 0.239. The number of amides is 2. The van der Waals surface area contributed by atoms with E-state index in [4.69, 9.17) is 4.74 Å². The first-order chi connectivity index (χ1) is 9.17. The normalized spacial score (nSPS) is 26.3. The van der Waals surface area contributed by atoms with Crippen LogP contribution in [0.5, 0.6) is 0 Å². The maximum absolute atomic E-state index is 12.1. The van der Waals surface area contributed by atoms with Gasteiger partial charge >= 0.3 is 6.03 Å². The molecule has 1 aromatic rings. The molecule has 4 nitrogen and oxygen atoms in total. The number of rotatable bonds is 2. The van der Waals surface area contributed by atoms with Gasteiger partial charge in [0.15, 0.2) is 0 Å². The first kappa shape index (κ1) is 13.4. The van der Waals surface area contributed by atoms with Gasteiger partial charge in [0.1, 0.15) is 0 Å². The smallest absolute Gasteiger partial charge is 0.317 e. The van der Waals surface area contributed by atoms with Gasteiger partial charge < -0.3 is 15.0 Å². The molecule has 3 heterocycles. The van der Waals surface area contributed by atoms with Crippen LogP contribution in [0.15, 0.2) is 15.9 Å². The zero-order chi connectivity index (χ0) is 13.3. The first-order valence-corrected chi connectivity index (χ1v) is 8.13. The van der Waals surface area contributed by atoms with Crippen LogP contribution in [0.2, 0.25) is 0 Å². The summed E-state index contributed by atoms with van der Waals surface area (Å²) in [4.78, 5) is 15.2. The fraction of sp³-hybridized carbons (Fsp3) is 0.615. The second-order valence-corrected chi connectivity index (χ2v) is 7.89. The number of halogens is 1. The monoisotopic (exact) mass is 344 g/mol. The molecular weight excluding hydrogens is 328 g/mol. The van der Waals surface area contributed by atoms with Crippen molar-refractivity contribution < 1.29 is 9.53 Å². The first-order valence-electron chi connectivity index (χ1n) is 6.52. The van der Waals surface area contributed by atoms with E-state index in [1.165, 1.54) is 4.88 Å². The summed E-state index contributed by atoms with van der Waals surface area (Å²) >= 11 is 5.08. The lowest BCUT2D eigenvalue weighted by atomic mass is 9.87. The van der Waals surface area contributed by atoms with Crippen molar-refractivity contribution in [3.63, 3.8) is 0 Å². The van der Waals surface area contributed by atoms with Gasteiger partial charge in [-0.15, -0.1) is 11.3 Å². The van der Waals surface area contributed by atoms with Crippen LogP contribution in [0.4, 0.5) is 4.79 Å². The van der Waals surface area contributed by atoms with Crippen LogP contribution < -0.4 is 5.32 Å². The zero-order valence-corrected chi connectivity index (χ0v) is 13.1. The van der Waals surface area contributed by atoms with E-state index in [0.29, 0.717) is 6.54 Å². The number of nitrogens with one attached hydrogen (secondary N) is 1. The Kier molecular flexibility index (Phi) is 3.82. The van der Waals surface area contributed by atoms with Gasteiger partial charge in [-0.25, -0.2) is 4.79 Å². The lowest BCUT2D eigenvalue weighted by Gasteiger charge is -2.22. The van der Waals surface area contributed by atoms with Gasteiger partial charge in [-0.2, -0.15) is 0 Å². The summed E-state index contributed by atoms with van der Waals surface area (Å²) in [6, 6.07) is 4.09. The summed E-state index contributed by atoms with van der Waals surface area (Å²) in [7, 11) is 0. The van der Waals surface area contributed by atoms with Crippen molar-refractivity contribution in [2.75, 3.05) is 26.3 Å². The summed E-state index contributed by atoms with van der Waals surface area (Å²) in [6.45, 7) is 3.96. The molecule has 1 aromatic heterocycles. The molecule has 1 spiro atoms. The van der Waals surface area contributed by atoms with Gasteiger partial charge in [0.25, 0.3) is 0 Å². The second kappa shape index (κ2) is 5.42. The predicted octanol–water partition coefficient (Wildman–Crippen LogP) is 2.83. The molecule has 0 saturated carbocycles. The van der Waals surface area contributed by atoms with Crippen LogP contribution in [-0.4, -0.2) is 37.2 Å². The number of ether oxygens (including phenoxy) is 1. The second-order valence-electron chi connectivity index (χ2n) is 5.34. The minimum absolute atomic E-state index is 0.0493. The number of carbonyl (C=O) groups is 1. The van der Waals surface area contributed by atoms with E-state index >= 15 is 0 Å². The molecule has 0 unspecified atom stereocenters. The van der Waals surface area contributed by atoms with Crippen molar-refractivity contribution in [2.24, 2.45) is 5.41 Å². The van der Waals surface area contributed by atoms with Crippen LogP contribution in [0.3, 0.4) is 0 Å². The Morgan fingerprint density at radius 2 is 2.42 bits per heavy atom. The molecule has 3 rings (SSSR count). The average Bonchev–Trinajstić information content (AvgIpc) is 3.11. The van der Waals surface area contributed by atoms with E-state index < -0.39 is 0 Å². The molecule has 1 N–H and O–H groups in total. The number of hydrogen-bond donors (Lipinski definition) is 1. The van der Waals surface area contributed by atoms with Crippen LogP contribution in [-0.2, 0) is 11.3 Å². The number of likely N-dealkylation sites (tertiary alicyclic amines) is 1. The maximum Gasteiger partial charge on any atom is 0.317 e. The van der Waals surface area contributed by atoms with E-state index in [1.54, 1.807) is 11.3 Å². The topological polar surface area (TPSA) is 41.6 Å². The Hall–Kier alpha value is -0.590. The third kappa shape index (κ3) is 2.95. The molecule has 6 heteroatoms. The van der Waals surface area contributed by atoms with E-state index in [9.17, 15) is 4.79 Å².